The zero-order chi connectivity index (χ0) is 12.1. The van der Waals surface area contributed by atoms with E-state index in [0.717, 1.165) is 24.3 Å². The molecule has 2 rings (SSSR count). The lowest BCUT2D eigenvalue weighted by Gasteiger charge is -2.39. The minimum Gasteiger partial charge on any atom is -0.394 e. The van der Waals surface area contributed by atoms with Crippen LogP contribution in [0.25, 0.3) is 0 Å². The third-order valence-electron chi connectivity index (χ3n) is 3.48. The summed E-state index contributed by atoms with van der Waals surface area (Å²) in [6, 6.07) is 1.94. The van der Waals surface area contributed by atoms with Crippen LogP contribution in [0.5, 0.6) is 0 Å². The van der Waals surface area contributed by atoms with Gasteiger partial charge in [0, 0.05) is 17.0 Å². The molecule has 1 aromatic heterocycles. The molecule has 0 spiro atoms. The number of hydrogen-bond donors (Lipinski definition) is 2. The molecule has 2 unspecified atom stereocenters. The maximum absolute atomic E-state index is 9.53. The molecule has 0 amide bonds. The number of nitrogens with zero attached hydrogens (tertiary/aromatic N) is 2. The van der Waals surface area contributed by atoms with Gasteiger partial charge in [-0.25, -0.2) is 9.97 Å². The summed E-state index contributed by atoms with van der Waals surface area (Å²) in [5.74, 6) is 0. The van der Waals surface area contributed by atoms with Crippen molar-refractivity contribution in [2.45, 2.75) is 41.5 Å². The highest BCUT2D eigenvalue weighted by molar-refractivity contribution is 7.99. The molecule has 4 nitrogen and oxygen atoms in total. The van der Waals surface area contributed by atoms with E-state index < -0.39 is 0 Å². The smallest absolute Gasteiger partial charge is 0.116 e. The zero-order valence-corrected chi connectivity index (χ0v) is 10.9. The Hall–Kier alpha value is -0.650. The number of aliphatic hydroxyl groups is 1. The predicted octanol–water partition coefficient (Wildman–Crippen LogP) is 1.46. The molecule has 0 aromatic carbocycles. The third-order valence-corrected chi connectivity index (χ3v) is 4.69. The van der Waals surface area contributed by atoms with Crippen LogP contribution in [0.3, 0.4) is 0 Å². The molecule has 94 valence electrons. The van der Waals surface area contributed by atoms with Crippen molar-refractivity contribution in [1.29, 1.82) is 0 Å². The normalized spacial score (nSPS) is 29.2. The molecule has 0 aliphatic heterocycles. The van der Waals surface area contributed by atoms with Gasteiger partial charge in [0.25, 0.3) is 0 Å². The number of likely N-dealkylation sites (N-methyl/N-ethyl adjacent to an activating group) is 1. The molecule has 17 heavy (non-hydrogen) atoms. The topological polar surface area (TPSA) is 58.0 Å². The van der Waals surface area contributed by atoms with Crippen molar-refractivity contribution >= 4 is 11.8 Å². The lowest BCUT2D eigenvalue weighted by atomic mass is 9.82. The van der Waals surface area contributed by atoms with Gasteiger partial charge in [-0.1, -0.05) is 6.42 Å². The van der Waals surface area contributed by atoms with E-state index >= 15 is 0 Å². The number of nitrogens with one attached hydrogen (secondary N) is 1. The van der Waals surface area contributed by atoms with E-state index in [2.05, 4.69) is 15.3 Å². The Morgan fingerprint density at radius 2 is 2.53 bits per heavy atom. The first-order valence-electron chi connectivity index (χ1n) is 6.00. The van der Waals surface area contributed by atoms with E-state index in [1.807, 2.05) is 13.1 Å². The lowest BCUT2D eigenvalue weighted by Crippen LogP contribution is -2.50. The largest absolute Gasteiger partial charge is 0.394 e. The molecule has 1 heterocycles. The van der Waals surface area contributed by atoms with Gasteiger partial charge in [-0.3, -0.25) is 0 Å². The Bertz CT molecular complexity index is 343. The first-order chi connectivity index (χ1) is 8.28. The highest BCUT2D eigenvalue weighted by Crippen LogP contribution is 2.37. The highest BCUT2D eigenvalue weighted by Gasteiger charge is 2.34. The van der Waals surface area contributed by atoms with E-state index in [0.29, 0.717) is 5.25 Å². The second-order valence-electron chi connectivity index (χ2n) is 4.57. The summed E-state index contributed by atoms with van der Waals surface area (Å²) in [5.41, 5.74) is -0.0943. The van der Waals surface area contributed by atoms with Crippen LogP contribution in [0.1, 0.15) is 25.7 Å². The number of hydrogen-bond acceptors (Lipinski definition) is 5. The van der Waals surface area contributed by atoms with Crippen molar-refractivity contribution in [1.82, 2.24) is 15.3 Å². The molecular formula is C12H19N3OS. The molecule has 0 bridgehead atoms. The van der Waals surface area contributed by atoms with E-state index in [4.69, 9.17) is 0 Å². The third kappa shape index (κ3) is 3.18. The summed E-state index contributed by atoms with van der Waals surface area (Å²) in [4.78, 5) is 8.16. The van der Waals surface area contributed by atoms with Crippen LogP contribution in [-0.2, 0) is 0 Å². The van der Waals surface area contributed by atoms with Crippen LogP contribution < -0.4 is 5.32 Å². The first kappa shape index (κ1) is 12.8. The van der Waals surface area contributed by atoms with Crippen molar-refractivity contribution in [2.24, 2.45) is 0 Å². The fraction of sp³-hybridized carbons (Fsp3) is 0.667. The average molecular weight is 253 g/mol. The van der Waals surface area contributed by atoms with Gasteiger partial charge in [0.2, 0.25) is 0 Å². The predicted molar refractivity (Wildman–Crippen MR) is 69.0 cm³/mol. The fourth-order valence-electron chi connectivity index (χ4n) is 2.38. The summed E-state index contributed by atoms with van der Waals surface area (Å²) in [5, 5.41) is 14.4. The molecule has 1 aromatic rings. The summed E-state index contributed by atoms with van der Waals surface area (Å²) in [6.45, 7) is 0.213. The molecular weight excluding hydrogens is 234 g/mol. The van der Waals surface area contributed by atoms with Gasteiger partial charge in [-0.05, 0) is 32.4 Å². The molecule has 5 heteroatoms. The van der Waals surface area contributed by atoms with Crippen LogP contribution in [0.15, 0.2) is 23.6 Å². The van der Waals surface area contributed by atoms with Gasteiger partial charge < -0.3 is 10.4 Å². The minimum atomic E-state index is -0.0943. The molecule has 0 radical (unpaired) electrons. The van der Waals surface area contributed by atoms with Gasteiger partial charge in [-0.2, -0.15) is 0 Å². The van der Waals surface area contributed by atoms with Gasteiger partial charge in [0.1, 0.15) is 6.33 Å². The van der Waals surface area contributed by atoms with Crippen molar-refractivity contribution in [2.75, 3.05) is 13.7 Å². The second kappa shape index (κ2) is 5.80. The molecule has 1 aliphatic carbocycles. The maximum Gasteiger partial charge on any atom is 0.116 e. The Morgan fingerprint density at radius 3 is 3.18 bits per heavy atom. The quantitative estimate of drug-likeness (QED) is 0.796. The van der Waals surface area contributed by atoms with Gasteiger partial charge in [-0.15, -0.1) is 11.8 Å². The summed E-state index contributed by atoms with van der Waals surface area (Å²) < 4.78 is 0. The Morgan fingerprint density at radius 1 is 1.65 bits per heavy atom. The second-order valence-corrected chi connectivity index (χ2v) is 5.89. The van der Waals surface area contributed by atoms with Gasteiger partial charge >= 0.3 is 0 Å². The van der Waals surface area contributed by atoms with E-state index in [-0.39, 0.29) is 12.1 Å². The highest BCUT2D eigenvalue weighted by atomic mass is 32.2. The number of rotatable bonds is 4. The molecule has 1 saturated carbocycles. The molecule has 2 atom stereocenters. The molecule has 1 aliphatic rings. The maximum atomic E-state index is 9.53. The van der Waals surface area contributed by atoms with Crippen LogP contribution in [0.4, 0.5) is 0 Å². The number of thioether (sulfide) groups is 1. The first-order valence-corrected chi connectivity index (χ1v) is 6.88. The van der Waals surface area contributed by atoms with Crippen molar-refractivity contribution in [3.63, 3.8) is 0 Å². The van der Waals surface area contributed by atoms with E-state index in [1.165, 1.54) is 6.42 Å². The average Bonchev–Trinajstić information content (AvgIpc) is 2.40. The fourth-order valence-corrected chi connectivity index (χ4v) is 3.65. The van der Waals surface area contributed by atoms with Gasteiger partial charge in [0.05, 0.1) is 11.6 Å². The van der Waals surface area contributed by atoms with Crippen LogP contribution in [0.2, 0.25) is 0 Å². The monoisotopic (exact) mass is 253 g/mol. The summed E-state index contributed by atoms with van der Waals surface area (Å²) in [6.07, 6.45) is 7.76. The molecule has 2 N–H and O–H groups in total. The number of aliphatic hydroxyl groups excluding tert-OH is 1. The van der Waals surface area contributed by atoms with Crippen LogP contribution in [-0.4, -0.2) is 39.5 Å². The number of aromatic nitrogens is 2. The standard InChI is InChI=1S/C12H19N3OS/c1-13-12(8-16)5-2-3-10(7-12)17-11-4-6-14-9-15-11/h4,6,9-10,13,16H,2-3,5,7-8H2,1H3. The van der Waals surface area contributed by atoms with Crippen molar-refractivity contribution in [3.05, 3.63) is 18.6 Å². The van der Waals surface area contributed by atoms with E-state index in [1.54, 1.807) is 24.3 Å². The van der Waals surface area contributed by atoms with Crippen molar-refractivity contribution in [3.8, 4) is 0 Å². The minimum absolute atomic E-state index is 0.0943. The SMILES string of the molecule is CNC1(CO)CCCC(Sc2ccncn2)C1. The Kier molecular flexibility index (Phi) is 4.36. The van der Waals surface area contributed by atoms with E-state index in [9.17, 15) is 5.11 Å². The van der Waals surface area contributed by atoms with Crippen LogP contribution in [0, 0.1) is 0 Å². The Balaban J connectivity index is 1.98. The summed E-state index contributed by atoms with van der Waals surface area (Å²) >= 11 is 1.80. The zero-order valence-electron chi connectivity index (χ0n) is 10.1. The molecule has 1 fully saturated rings. The Labute approximate surface area is 106 Å². The molecule has 0 saturated heterocycles. The van der Waals surface area contributed by atoms with Crippen molar-refractivity contribution < 1.29 is 5.11 Å². The lowest BCUT2D eigenvalue weighted by molar-refractivity contribution is 0.131. The van der Waals surface area contributed by atoms with Crippen LogP contribution >= 0.6 is 11.8 Å². The van der Waals surface area contributed by atoms with Gasteiger partial charge in [0.15, 0.2) is 0 Å². The summed E-state index contributed by atoms with van der Waals surface area (Å²) in [7, 11) is 1.94.